The molecule has 2 rings (SSSR count). The number of nitrogens with zero attached hydrogens (tertiary/aromatic N) is 2. The second-order valence-corrected chi connectivity index (χ2v) is 6.25. The van der Waals surface area contributed by atoms with Crippen LogP contribution in [-0.4, -0.2) is 21.0 Å². The number of Topliss-reactive ketones (excluding diaryl/α,β-unsaturated/α-hetero) is 1. The number of benzene rings is 1. The summed E-state index contributed by atoms with van der Waals surface area (Å²) in [5, 5.41) is 0.102. The van der Waals surface area contributed by atoms with Gasteiger partial charge in [0.1, 0.15) is 11.6 Å². The van der Waals surface area contributed by atoms with Gasteiger partial charge in [-0.15, -0.1) is 0 Å². The third-order valence-electron chi connectivity index (χ3n) is 3.06. The van der Waals surface area contributed by atoms with Gasteiger partial charge < -0.3 is 11.5 Å². The lowest BCUT2D eigenvalue weighted by Gasteiger charge is -2.12. The Balaban J connectivity index is 2.21. The lowest BCUT2D eigenvalue weighted by Crippen LogP contribution is -2.16. The number of ketones is 1. The molecule has 4 N–H and O–H groups in total. The summed E-state index contributed by atoms with van der Waals surface area (Å²) in [6, 6.07) is 7.34. The van der Waals surface area contributed by atoms with Gasteiger partial charge in [-0.25, -0.2) is 9.97 Å². The van der Waals surface area contributed by atoms with Crippen molar-refractivity contribution in [2.75, 3.05) is 11.5 Å². The van der Waals surface area contributed by atoms with Crippen LogP contribution in [0.1, 0.15) is 28.4 Å². The van der Waals surface area contributed by atoms with Crippen molar-refractivity contribution in [3.63, 3.8) is 0 Å². The highest BCUT2D eigenvalue weighted by molar-refractivity contribution is 8.00. The fourth-order valence-corrected chi connectivity index (χ4v) is 2.81. The first kappa shape index (κ1) is 15.3. The first-order valence-electron chi connectivity index (χ1n) is 6.55. The van der Waals surface area contributed by atoms with Gasteiger partial charge in [-0.3, -0.25) is 4.79 Å². The molecule has 0 saturated heterocycles. The van der Waals surface area contributed by atoms with Crippen LogP contribution < -0.4 is 11.5 Å². The van der Waals surface area contributed by atoms with Crippen molar-refractivity contribution in [1.29, 1.82) is 0 Å². The Morgan fingerprint density at radius 3 is 2.38 bits per heavy atom. The average Bonchev–Trinajstić information content (AvgIpc) is 2.39. The first-order valence-corrected chi connectivity index (χ1v) is 7.43. The molecule has 0 aliphatic heterocycles. The van der Waals surface area contributed by atoms with Gasteiger partial charge in [0.2, 0.25) is 0 Å². The number of aromatic nitrogens is 2. The van der Waals surface area contributed by atoms with Crippen molar-refractivity contribution in [1.82, 2.24) is 9.97 Å². The summed E-state index contributed by atoms with van der Waals surface area (Å²) < 4.78 is 0. The van der Waals surface area contributed by atoms with E-state index in [4.69, 9.17) is 11.5 Å². The van der Waals surface area contributed by atoms with E-state index in [2.05, 4.69) is 9.97 Å². The van der Waals surface area contributed by atoms with Crippen LogP contribution in [0.3, 0.4) is 0 Å². The third-order valence-corrected chi connectivity index (χ3v) is 4.02. The molecule has 1 aromatic carbocycles. The summed E-state index contributed by atoms with van der Waals surface area (Å²) in [6.07, 6.45) is 0. The second-order valence-electron chi connectivity index (χ2n) is 4.94. The Labute approximate surface area is 128 Å². The van der Waals surface area contributed by atoms with Crippen LogP contribution in [0.4, 0.5) is 11.6 Å². The summed E-state index contributed by atoms with van der Waals surface area (Å²) in [5.41, 5.74) is 14.0. The van der Waals surface area contributed by atoms with E-state index in [0.717, 1.165) is 16.7 Å². The van der Waals surface area contributed by atoms with E-state index < -0.39 is 0 Å². The van der Waals surface area contributed by atoms with E-state index in [1.54, 1.807) is 0 Å². The number of carbonyl (C=O) groups excluding carboxylic acids is 1. The number of rotatable bonds is 4. The maximum atomic E-state index is 12.6. The number of nitrogens with two attached hydrogens (primary N) is 2. The van der Waals surface area contributed by atoms with Crippen LogP contribution in [-0.2, 0) is 0 Å². The highest BCUT2D eigenvalue weighted by Crippen LogP contribution is 2.25. The Kier molecular flexibility index (Phi) is 4.47. The molecule has 0 radical (unpaired) electrons. The Morgan fingerprint density at radius 2 is 1.76 bits per heavy atom. The monoisotopic (exact) mass is 302 g/mol. The fraction of sp³-hybridized carbons (Fsp3) is 0.267. The van der Waals surface area contributed by atoms with Gasteiger partial charge >= 0.3 is 0 Å². The zero-order chi connectivity index (χ0) is 15.6. The quantitative estimate of drug-likeness (QED) is 0.512. The van der Waals surface area contributed by atoms with Crippen molar-refractivity contribution in [2.45, 2.75) is 31.2 Å². The molecular formula is C15H18N4OS. The molecule has 6 heteroatoms. The molecule has 2 aromatic rings. The number of aryl methyl sites for hydroxylation is 2. The molecule has 0 fully saturated rings. The predicted molar refractivity (Wildman–Crippen MR) is 86.4 cm³/mol. The van der Waals surface area contributed by atoms with Crippen molar-refractivity contribution >= 4 is 29.2 Å². The first-order chi connectivity index (χ1) is 9.86. The molecule has 0 spiro atoms. The van der Waals surface area contributed by atoms with Crippen LogP contribution >= 0.6 is 11.8 Å². The normalized spacial score (nSPS) is 12.1. The van der Waals surface area contributed by atoms with Gasteiger partial charge in [-0.05, 0) is 32.4 Å². The molecule has 21 heavy (non-hydrogen) atoms. The van der Waals surface area contributed by atoms with Crippen LogP contribution in [0.2, 0.25) is 0 Å². The van der Waals surface area contributed by atoms with E-state index in [9.17, 15) is 4.79 Å². The molecule has 1 atom stereocenters. The van der Waals surface area contributed by atoms with E-state index in [-0.39, 0.29) is 11.0 Å². The molecule has 0 bridgehead atoms. The van der Waals surface area contributed by atoms with E-state index >= 15 is 0 Å². The van der Waals surface area contributed by atoms with Crippen molar-refractivity contribution < 1.29 is 4.79 Å². The maximum Gasteiger partial charge on any atom is 0.192 e. The number of thioether (sulfide) groups is 1. The summed E-state index contributed by atoms with van der Waals surface area (Å²) in [7, 11) is 0. The van der Waals surface area contributed by atoms with E-state index in [1.807, 2.05) is 39.0 Å². The number of hydrogen-bond donors (Lipinski definition) is 2. The van der Waals surface area contributed by atoms with Crippen molar-refractivity contribution in [3.05, 3.63) is 41.0 Å². The minimum absolute atomic E-state index is 0.0470. The molecule has 1 heterocycles. The molecule has 0 unspecified atom stereocenters. The molecule has 5 nitrogen and oxygen atoms in total. The fourth-order valence-electron chi connectivity index (χ4n) is 1.95. The molecule has 110 valence electrons. The zero-order valence-corrected chi connectivity index (χ0v) is 13.1. The molecule has 0 amide bonds. The largest absolute Gasteiger partial charge is 0.383 e. The molecule has 0 aliphatic carbocycles. The average molecular weight is 302 g/mol. The van der Waals surface area contributed by atoms with Gasteiger partial charge in [0.25, 0.3) is 0 Å². The number of nitrogen functional groups attached to an aromatic ring is 2. The predicted octanol–water partition coefficient (Wildman–Crippen LogP) is 2.62. The van der Waals surface area contributed by atoms with E-state index in [1.165, 1.54) is 17.8 Å². The summed E-state index contributed by atoms with van der Waals surface area (Å²) >= 11 is 1.26. The highest BCUT2D eigenvalue weighted by atomic mass is 32.2. The number of hydrogen-bond acceptors (Lipinski definition) is 6. The zero-order valence-electron chi connectivity index (χ0n) is 12.3. The second kappa shape index (κ2) is 6.13. The van der Waals surface area contributed by atoms with Crippen LogP contribution in [0.15, 0.2) is 29.4 Å². The SMILES string of the molecule is Cc1ccc(C)c(C(=O)[C@@H](C)Sc2nc(N)cc(N)n2)c1. The molecule has 1 aromatic heterocycles. The lowest BCUT2D eigenvalue weighted by molar-refractivity contribution is 0.0993. The smallest absolute Gasteiger partial charge is 0.192 e. The van der Waals surface area contributed by atoms with Crippen LogP contribution in [0.25, 0.3) is 0 Å². The Hall–Kier alpha value is -2.08. The molecule has 0 saturated carbocycles. The van der Waals surface area contributed by atoms with Crippen molar-refractivity contribution in [3.8, 4) is 0 Å². The van der Waals surface area contributed by atoms with Gasteiger partial charge in [-0.2, -0.15) is 0 Å². The van der Waals surface area contributed by atoms with E-state index in [0.29, 0.717) is 16.8 Å². The van der Waals surface area contributed by atoms with Crippen LogP contribution in [0, 0.1) is 13.8 Å². The summed E-state index contributed by atoms with van der Waals surface area (Å²) in [6.45, 7) is 5.73. The molecular weight excluding hydrogens is 284 g/mol. The highest BCUT2D eigenvalue weighted by Gasteiger charge is 2.20. The summed E-state index contributed by atoms with van der Waals surface area (Å²) in [5.74, 6) is 0.651. The summed E-state index contributed by atoms with van der Waals surface area (Å²) in [4.78, 5) is 20.7. The third kappa shape index (κ3) is 3.72. The van der Waals surface area contributed by atoms with Gasteiger partial charge in [0, 0.05) is 11.6 Å². The van der Waals surface area contributed by atoms with Crippen molar-refractivity contribution in [2.24, 2.45) is 0 Å². The number of carbonyl (C=O) groups is 1. The number of anilines is 2. The Morgan fingerprint density at radius 1 is 1.14 bits per heavy atom. The lowest BCUT2D eigenvalue weighted by atomic mass is 10.0. The van der Waals surface area contributed by atoms with Gasteiger partial charge in [-0.1, -0.05) is 29.5 Å². The minimum atomic E-state index is -0.313. The topological polar surface area (TPSA) is 94.9 Å². The Bertz CT molecular complexity index is 667. The van der Waals surface area contributed by atoms with Gasteiger partial charge in [0.15, 0.2) is 10.9 Å². The van der Waals surface area contributed by atoms with Crippen LogP contribution in [0.5, 0.6) is 0 Å². The minimum Gasteiger partial charge on any atom is -0.383 e. The van der Waals surface area contributed by atoms with Gasteiger partial charge in [0.05, 0.1) is 5.25 Å². The standard InChI is InChI=1S/C15H18N4OS/c1-8-4-5-9(2)11(6-8)14(20)10(3)21-15-18-12(16)7-13(17)19-15/h4-7,10H,1-3H3,(H4,16,17,18,19)/t10-/m1/s1. The maximum absolute atomic E-state index is 12.6. The molecule has 0 aliphatic rings.